The number of urea groups is 1. The summed E-state index contributed by atoms with van der Waals surface area (Å²) in [5.41, 5.74) is 12.0. The van der Waals surface area contributed by atoms with Crippen LogP contribution in [0, 0.1) is 4.64 Å². The van der Waals surface area contributed by atoms with Crippen molar-refractivity contribution < 1.29 is 38.1 Å². The predicted octanol–water partition coefficient (Wildman–Crippen LogP) is 4.47. The lowest BCUT2D eigenvalue weighted by atomic mass is 9.90. The maximum absolute atomic E-state index is 13.1. The molecule has 0 spiro atoms. The van der Waals surface area contributed by atoms with Gasteiger partial charge in [-0.1, -0.05) is 31.3 Å². The Bertz CT molecular complexity index is 2190. The van der Waals surface area contributed by atoms with Gasteiger partial charge >= 0.3 is 18.1 Å². The van der Waals surface area contributed by atoms with Crippen LogP contribution in [-0.2, 0) is 45.4 Å². The fourth-order valence-electron chi connectivity index (χ4n) is 6.97. The minimum Gasteiger partial charge on any atom is -0.460 e. The molecule has 0 saturated carbocycles. The number of nitrogens with zero attached hydrogens (tertiary/aromatic N) is 2. The molecule has 5 heterocycles. The molecule has 0 bridgehead atoms. The first-order valence-corrected chi connectivity index (χ1v) is 17.8. The number of alkyl carbamates (subject to hydrolysis) is 1. The summed E-state index contributed by atoms with van der Waals surface area (Å²) in [5.74, 6) is 0.291. The Labute approximate surface area is 309 Å². The molecule has 53 heavy (non-hydrogen) atoms. The number of nitrogens with two attached hydrogens (primary N) is 1. The molecule has 0 aliphatic carbocycles. The molecule has 0 radical (unpaired) electrons. The number of ether oxygens (including phenoxy) is 4. The van der Waals surface area contributed by atoms with E-state index in [9.17, 15) is 19.2 Å². The Morgan fingerprint density at radius 2 is 1.85 bits per heavy atom. The van der Waals surface area contributed by atoms with Gasteiger partial charge in [-0.15, -0.1) is 0 Å². The number of nitrogens with one attached hydrogen (secondary N) is 4. The van der Waals surface area contributed by atoms with Gasteiger partial charge in [-0.25, -0.2) is 14.6 Å². The number of benzene rings is 2. The summed E-state index contributed by atoms with van der Waals surface area (Å²) >= 11 is 5.95. The number of rotatable bonds is 12. The van der Waals surface area contributed by atoms with Crippen molar-refractivity contribution in [3.05, 3.63) is 74.9 Å². The van der Waals surface area contributed by atoms with Crippen molar-refractivity contribution in [1.29, 1.82) is 0 Å². The standard InChI is InChI=1S/C37H39N7O8S/c1-3-21-22-11-29-32-25(15-44(29)34(53)26(22)17-49-35(21)46)24(23-12-30-31(52-18-51-30)13-28(23)43-32)14-41-37(48)50-16-19-6-8-20(9-7-19)42-33(45)27(39-2)5-4-10-40-36(38)47/h6-9,11-13,21,27,39H,3-5,10,14-18H2,1-2H3,(H,41,48)(H,42,45)(H3,38,40,47). The van der Waals surface area contributed by atoms with E-state index < -0.39 is 24.1 Å². The fourth-order valence-corrected chi connectivity index (χ4v) is 7.31. The molecule has 3 aliphatic heterocycles. The zero-order chi connectivity index (χ0) is 37.2. The Morgan fingerprint density at radius 3 is 2.58 bits per heavy atom. The third-order valence-electron chi connectivity index (χ3n) is 9.75. The molecule has 2 unspecified atom stereocenters. The van der Waals surface area contributed by atoms with E-state index in [2.05, 4.69) is 21.3 Å². The fraction of sp³-hybridized carbons (Fsp3) is 0.351. The van der Waals surface area contributed by atoms with Crippen molar-refractivity contribution in [3.8, 4) is 22.9 Å². The summed E-state index contributed by atoms with van der Waals surface area (Å²) in [6.07, 6.45) is 1.05. The van der Waals surface area contributed by atoms with Crippen molar-refractivity contribution in [1.82, 2.24) is 25.5 Å². The summed E-state index contributed by atoms with van der Waals surface area (Å²) in [7, 11) is 1.69. The van der Waals surface area contributed by atoms with Crippen molar-refractivity contribution in [2.45, 2.75) is 64.4 Å². The topological polar surface area (TPSA) is 197 Å². The van der Waals surface area contributed by atoms with E-state index >= 15 is 0 Å². The molecular formula is C37H39N7O8S. The number of hydrogen-bond acceptors (Lipinski definition) is 11. The number of amides is 4. The number of likely N-dealkylation sites (N-methyl/N-ethyl adjacent to an activating group) is 1. The lowest BCUT2D eigenvalue weighted by Crippen LogP contribution is -2.39. The average Bonchev–Trinajstić information content (AvgIpc) is 3.76. The summed E-state index contributed by atoms with van der Waals surface area (Å²) < 4.78 is 25.0. The van der Waals surface area contributed by atoms with Gasteiger partial charge in [0.15, 0.2) is 11.5 Å². The third-order valence-corrected chi connectivity index (χ3v) is 10.2. The Hall–Kier alpha value is -5.74. The van der Waals surface area contributed by atoms with Gasteiger partial charge in [-0.05, 0) is 67.3 Å². The quantitative estimate of drug-likeness (QED) is 0.0687. The highest BCUT2D eigenvalue weighted by atomic mass is 32.1. The van der Waals surface area contributed by atoms with Crippen LogP contribution in [0.5, 0.6) is 11.5 Å². The summed E-state index contributed by atoms with van der Waals surface area (Å²) in [6.45, 7) is 3.12. The number of fused-ring (bicyclic) bond motifs is 6. The van der Waals surface area contributed by atoms with Crippen LogP contribution in [0.15, 0.2) is 42.5 Å². The van der Waals surface area contributed by atoms with E-state index in [4.69, 9.17) is 41.9 Å². The van der Waals surface area contributed by atoms with E-state index in [-0.39, 0.29) is 38.4 Å². The van der Waals surface area contributed by atoms with E-state index in [1.165, 1.54) is 0 Å². The van der Waals surface area contributed by atoms with Crippen LogP contribution < -0.4 is 36.5 Å². The Morgan fingerprint density at radius 1 is 1.08 bits per heavy atom. The zero-order valence-electron chi connectivity index (χ0n) is 29.2. The van der Waals surface area contributed by atoms with Gasteiger partial charge in [0.1, 0.15) is 17.9 Å². The van der Waals surface area contributed by atoms with Gasteiger partial charge in [0.05, 0.1) is 35.4 Å². The number of hydrogen-bond donors (Lipinski definition) is 5. The predicted molar refractivity (Wildman–Crippen MR) is 196 cm³/mol. The average molecular weight is 742 g/mol. The number of esters is 1. The molecule has 4 amide bonds. The summed E-state index contributed by atoms with van der Waals surface area (Å²) in [4.78, 5) is 54.4. The number of aromatic nitrogens is 2. The number of anilines is 1. The van der Waals surface area contributed by atoms with Crippen LogP contribution in [0.3, 0.4) is 0 Å². The highest BCUT2D eigenvalue weighted by Crippen LogP contribution is 2.43. The molecule has 16 heteroatoms. The van der Waals surface area contributed by atoms with Crippen LogP contribution in [0.25, 0.3) is 22.3 Å². The Kier molecular flexibility index (Phi) is 10.1. The molecule has 276 valence electrons. The second kappa shape index (κ2) is 15.1. The monoisotopic (exact) mass is 741 g/mol. The summed E-state index contributed by atoms with van der Waals surface area (Å²) in [6, 6.07) is 11.7. The van der Waals surface area contributed by atoms with E-state index in [0.717, 1.165) is 44.6 Å². The molecule has 0 saturated heterocycles. The molecule has 2 atom stereocenters. The van der Waals surface area contributed by atoms with Crippen molar-refractivity contribution in [3.63, 3.8) is 0 Å². The minimum atomic E-state index is -0.617. The van der Waals surface area contributed by atoms with Gasteiger partial charge in [0, 0.05) is 41.4 Å². The van der Waals surface area contributed by atoms with Gasteiger partial charge in [0.2, 0.25) is 12.7 Å². The van der Waals surface area contributed by atoms with Crippen LogP contribution in [0.2, 0.25) is 0 Å². The van der Waals surface area contributed by atoms with E-state index in [1.807, 2.05) is 29.7 Å². The maximum Gasteiger partial charge on any atom is 0.407 e. The van der Waals surface area contributed by atoms with Crippen LogP contribution in [0.4, 0.5) is 15.3 Å². The molecular weight excluding hydrogens is 703 g/mol. The van der Waals surface area contributed by atoms with Crippen molar-refractivity contribution in [2.24, 2.45) is 5.73 Å². The first-order chi connectivity index (χ1) is 25.6. The maximum atomic E-state index is 13.1. The lowest BCUT2D eigenvalue weighted by Gasteiger charge is -2.25. The van der Waals surface area contributed by atoms with Crippen LogP contribution >= 0.6 is 12.2 Å². The molecule has 3 aliphatic rings. The minimum absolute atomic E-state index is 0.00545. The largest absolute Gasteiger partial charge is 0.460 e. The van der Waals surface area contributed by atoms with Crippen molar-refractivity contribution >= 4 is 52.8 Å². The first-order valence-electron chi connectivity index (χ1n) is 17.3. The third kappa shape index (κ3) is 7.19. The van der Waals surface area contributed by atoms with Gasteiger partial charge in [-0.2, -0.15) is 0 Å². The Balaban J connectivity index is 1.05. The van der Waals surface area contributed by atoms with Gasteiger partial charge in [0.25, 0.3) is 0 Å². The van der Waals surface area contributed by atoms with E-state index in [1.54, 1.807) is 31.3 Å². The van der Waals surface area contributed by atoms with E-state index in [0.29, 0.717) is 59.7 Å². The number of primary amides is 1. The number of pyridine rings is 2. The lowest BCUT2D eigenvalue weighted by molar-refractivity contribution is -0.148. The molecule has 7 rings (SSSR count). The molecule has 2 aromatic heterocycles. The van der Waals surface area contributed by atoms with Crippen molar-refractivity contribution in [2.75, 3.05) is 25.7 Å². The van der Waals surface area contributed by atoms with Gasteiger partial charge < -0.3 is 50.5 Å². The second-order valence-electron chi connectivity index (χ2n) is 13.0. The number of carbonyl (C=O) groups excluding carboxylic acids is 4. The summed E-state index contributed by atoms with van der Waals surface area (Å²) in [5, 5.41) is 12.1. The van der Waals surface area contributed by atoms with Crippen LogP contribution in [0.1, 0.15) is 59.9 Å². The molecule has 15 nitrogen and oxygen atoms in total. The molecule has 0 fully saturated rings. The molecule has 4 aromatic rings. The number of carbonyl (C=O) groups is 4. The SMILES string of the molecule is CCC1C(=O)OCc2c1cc1n(c2=S)Cc2c-1nc1cc3c(cc1c2CNC(=O)OCc1ccc(NC(=O)C(CCCNC(N)=O)NC)cc1)OCO3. The molecule has 6 N–H and O–H groups in total. The smallest absolute Gasteiger partial charge is 0.407 e. The number of cyclic esters (lactones) is 1. The molecule has 2 aromatic carbocycles. The zero-order valence-corrected chi connectivity index (χ0v) is 30.0. The van der Waals surface area contributed by atoms with Gasteiger partial charge in [-0.3, -0.25) is 9.59 Å². The first kappa shape index (κ1) is 35.7. The second-order valence-corrected chi connectivity index (χ2v) is 13.3. The highest BCUT2D eigenvalue weighted by Gasteiger charge is 2.34. The normalized spacial score (nSPS) is 15.5. The van der Waals surface area contributed by atoms with Crippen LogP contribution in [-0.4, -0.2) is 60.0 Å². The highest BCUT2D eigenvalue weighted by molar-refractivity contribution is 7.71.